The maximum absolute atomic E-state index is 13.8. The van der Waals surface area contributed by atoms with E-state index in [0.29, 0.717) is 30.5 Å². The van der Waals surface area contributed by atoms with Crippen molar-refractivity contribution in [2.45, 2.75) is 51.0 Å². The molecule has 0 spiro atoms. The predicted molar refractivity (Wildman–Crippen MR) is 145 cm³/mol. The molecule has 1 aromatic heterocycles. The molecule has 0 bridgehead atoms. The van der Waals surface area contributed by atoms with E-state index in [4.69, 9.17) is 11.2 Å². The molecule has 10 heteroatoms. The molecule has 2 unspecified atom stereocenters. The number of likely N-dealkylation sites (tertiary alicyclic amines) is 1. The monoisotopic (exact) mass is 529 g/mol. The Hall–Kier alpha value is -3.00. The van der Waals surface area contributed by atoms with Crippen LogP contribution in [-0.2, 0) is 22.3 Å². The van der Waals surface area contributed by atoms with E-state index in [1.54, 1.807) is 26.3 Å². The molecule has 7 nitrogen and oxygen atoms in total. The molecular formula is C27H33F2N5O2S. The fourth-order valence-corrected chi connectivity index (χ4v) is 5.66. The summed E-state index contributed by atoms with van der Waals surface area (Å²) in [6.07, 6.45) is 5.47. The topological polar surface area (TPSA) is 70.4 Å². The molecule has 3 rings (SSSR count). The van der Waals surface area contributed by atoms with Crippen LogP contribution in [0.15, 0.2) is 58.9 Å². The lowest BCUT2D eigenvalue weighted by molar-refractivity contribution is 0.0873. The van der Waals surface area contributed by atoms with Crippen LogP contribution in [0.1, 0.15) is 37.9 Å². The van der Waals surface area contributed by atoms with E-state index >= 15 is 0 Å². The lowest BCUT2D eigenvalue weighted by atomic mass is 10.1. The van der Waals surface area contributed by atoms with Crippen molar-refractivity contribution in [3.63, 3.8) is 0 Å². The van der Waals surface area contributed by atoms with E-state index in [0.717, 1.165) is 37.3 Å². The fraction of sp³-hybridized carbons (Fsp3) is 0.444. The highest BCUT2D eigenvalue weighted by molar-refractivity contribution is 7.87. The summed E-state index contributed by atoms with van der Waals surface area (Å²) in [5.41, 5.74) is 1.90. The van der Waals surface area contributed by atoms with Crippen LogP contribution < -0.4 is 4.31 Å². The van der Waals surface area contributed by atoms with Crippen LogP contribution in [0.3, 0.4) is 0 Å². The maximum atomic E-state index is 13.8. The van der Waals surface area contributed by atoms with Gasteiger partial charge in [-0.2, -0.15) is 5.10 Å². The van der Waals surface area contributed by atoms with Crippen molar-refractivity contribution in [1.29, 1.82) is 0 Å². The van der Waals surface area contributed by atoms with Crippen LogP contribution in [0.25, 0.3) is 0 Å². The Balaban J connectivity index is 1.74. The van der Waals surface area contributed by atoms with Gasteiger partial charge >= 0.3 is 0 Å². The fourth-order valence-electron chi connectivity index (χ4n) is 4.10. The first kappa shape index (κ1) is 28.6. The molecule has 0 saturated carbocycles. The molecular weight excluding hydrogens is 496 g/mol. The van der Waals surface area contributed by atoms with Crippen LogP contribution >= 0.6 is 0 Å². The normalized spacial score (nSPS) is 17.4. The van der Waals surface area contributed by atoms with Gasteiger partial charge in [0.15, 0.2) is 5.71 Å². The number of halogens is 2. The number of hydrogen-bond acceptors (Lipinski definition) is 6. The van der Waals surface area contributed by atoms with Crippen molar-refractivity contribution in [2.24, 2.45) is 10.2 Å². The Morgan fingerprint density at radius 1 is 1.24 bits per heavy atom. The second-order valence-electron chi connectivity index (χ2n) is 8.84. The van der Waals surface area contributed by atoms with Gasteiger partial charge in [-0.1, -0.05) is 18.2 Å². The minimum absolute atomic E-state index is 0.0397. The molecule has 1 aromatic carbocycles. The first-order valence-electron chi connectivity index (χ1n) is 12.1. The summed E-state index contributed by atoms with van der Waals surface area (Å²) in [5, 5.41) is 7.32. The SMILES string of the molecule is C#C/C(=N\N=C(/C)c1ccc(CN(c2ccccc2)S(=O)C2CCN(C(C)COC)CC2)nc1)C(F)F. The van der Waals surface area contributed by atoms with E-state index < -0.39 is 23.1 Å². The highest BCUT2D eigenvalue weighted by atomic mass is 32.2. The zero-order valence-corrected chi connectivity index (χ0v) is 22.2. The molecule has 0 radical (unpaired) electrons. The predicted octanol–water partition coefficient (Wildman–Crippen LogP) is 4.31. The summed E-state index contributed by atoms with van der Waals surface area (Å²) in [7, 11) is 0.458. The summed E-state index contributed by atoms with van der Waals surface area (Å²) in [6.45, 7) is 6.59. The van der Waals surface area contributed by atoms with Gasteiger partial charge in [-0.05, 0) is 70.0 Å². The zero-order valence-electron chi connectivity index (χ0n) is 21.4. The van der Waals surface area contributed by atoms with Crippen LogP contribution in [0.2, 0.25) is 0 Å². The Bertz CT molecular complexity index is 1130. The number of aromatic nitrogens is 1. The van der Waals surface area contributed by atoms with Gasteiger partial charge in [-0.25, -0.2) is 13.0 Å². The van der Waals surface area contributed by atoms with Crippen molar-refractivity contribution in [2.75, 3.05) is 31.1 Å². The molecule has 1 aliphatic rings. The zero-order chi connectivity index (χ0) is 26.8. The lowest BCUT2D eigenvalue weighted by Gasteiger charge is -2.37. The Kier molecular flexibility index (Phi) is 10.9. The molecule has 198 valence electrons. The van der Waals surface area contributed by atoms with Crippen molar-refractivity contribution in [3.8, 4) is 12.3 Å². The summed E-state index contributed by atoms with van der Waals surface area (Å²) in [6, 6.07) is 13.6. The van der Waals surface area contributed by atoms with Crippen molar-refractivity contribution in [1.82, 2.24) is 9.88 Å². The molecule has 0 amide bonds. The van der Waals surface area contributed by atoms with Gasteiger partial charge in [0.25, 0.3) is 6.43 Å². The summed E-state index contributed by atoms with van der Waals surface area (Å²) in [5.74, 6) is 1.84. The Morgan fingerprint density at radius 3 is 2.51 bits per heavy atom. The van der Waals surface area contributed by atoms with E-state index in [-0.39, 0.29) is 5.25 Å². The van der Waals surface area contributed by atoms with Gasteiger partial charge in [0.05, 0.1) is 29.8 Å². The van der Waals surface area contributed by atoms with Gasteiger partial charge in [0.2, 0.25) is 0 Å². The highest BCUT2D eigenvalue weighted by Crippen LogP contribution is 2.25. The minimum Gasteiger partial charge on any atom is -0.383 e. The number of anilines is 1. The van der Waals surface area contributed by atoms with E-state index in [9.17, 15) is 13.0 Å². The van der Waals surface area contributed by atoms with Crippen LogP contribution in [-0.4, -0.2) is 70.0 Å². The minimum atomic E-state index is -2.85. The van der Waals surface area contributed by atoms with Gasteiger partial charge in [0, 0.05) is 30.6 Å². The van der Waals surface area contributed by atoms with Crippen molar-refractivity contribution in [3.05, 3.63) is 59.9 Å². The standard InChI is InChI=1S/C27H33F2N5O2S/c1-5-26(27(28)29)32-31-21(3)22-11-12-23(30-17-22)18-34(24-9-7-6-8-10-24)37(35)25-13-15-33(16-14-25)20(2)19-36-4/h1,6-12,17,20,25,27H,13-16,18-19H2,2-4H3/b31-21+,32-26+. The lowest BCUT2D eigenvalue weighted by Crippen LogP contribution is -2.46. The Labute approximate surface area is 220 Å². The van der Waals surface area contributed by atoms with Gasteiger partial charge in [-0.15, -0.1) is 11.5 Å². The average molecular weight is 530 g/mol. The third-order valence-corrected chi connectivity index (χ3v) is 8.08. The number of ether oxygens (including phenoxy) is 1. The molecule has 1 saturated heterocycles. The second-order valence-corrected chi connectivity index (χ2v) is 10.5. The first-order chi connectivity index (χ1) is 17.8. The number of piperidine rings is 1. The molecule has 37 heavy (non-hydrogen) atoms. The first-order valence-corrected chi connectivity index (χ1v) is 13.3. The molecule has 0 aliphatic carbocycles. The van der Waals surface area contributed by atoms with E-state index in [1.165, 1.54) is 0 Å². The number of nitrogens with zero attached hydrogens (tertiary/aromatic N) is 5. The number of terminal acetylenes is 1. The Morgan fingerprint density at radius 2 is 1.95 bits per heavy atom. The third-order valence-electron chi connectivity index (χ3n) is 6.26. The number of para-hydroxylation sites is 1. The number of methoxy groups -OCH3 is 1. The number of rotatable bonds is 11. The smallest absolute Gasteiger partial charge is 0.289 e. The average Bonchev–Trinajstić information content (AvgIpc) is 2.92. The van der Waals surface area contributed by atoms with Crippen molar-refractivity contribution < 1.29 is 17.7 Å². The number of hydrogen-bond donors (Lipinski definition) is 0. The molecule has 1 fully saturated rings. The largest absolute Gasteiger partial charge is 0.383 e. The van der Waals surface area contributed by atoms with E-state index in [2.05, 4.69) is 27.0 Å². The molecule has 2 heterocycles. The van der Waals surface area contributed by atoms with Gasteiger partial charge in [-0.3, -0.25) is 14.2 Å². The number of benzene rings is 1. The molecule has 2 aromatic rings. The summed E-state index contributed by atoms with van der Waals surface area (Å²) in [4.78, 5) is 6.90. The van der Waals surface area contributed by atoms with Gasteiger partial charge < -0.3 is 4.74 Å². The van der Waals surface area contributed by atoms with Crippen LogP contribution in [0.5, 0.6) is 0 Å². The van der Waals surface area contributed by atoms with Crippen LogP contribution in [0, 0.1) is 12.3 Å². The molecule has 2 atom stereocenters. The quantitative estimate of drug-likeness (QED) is 0.247. The summed E-state index contributed by atoms with van der Waals surface area (Å²) >= 11 is 0. The highest BCUT2D eigenvalue weighted by Gasteiger charge is 2.30. The molecule has 1 aliphatic heterocycles. The number of pyridine rings is 1. The van der Waals surface area contributed by atoms with Gasteiger partial charge in [0.1, 0.15) is 11.0 Å². The van der Waals surface area contributed by atoms with E-state index in [1.807, 2.05) is 46.6 Å². The van der Waals surface area contributed by atoms with Crippen LogP contribution in [0.4, 0.5) is 14.5 Å². The second kappa shape index (κ2) is 14.1. The molecule has 0 N–H and O–H groups in total. The summed E-state index contributed by atoms with van der Waals surface area (Å²) < 4.78 is 46.5. The third kappa shape index (κ3) is 7.99. The maximum Gasteiger partial charge on any atom is 0.289 e. The number of alkyl halides is 2. The van der Waals surface area contributed by atoms with Crippen molar-refractivity contribution >= 4 is 28.1 Å².